The van der Waals surface area contributed by atoms with E-state index in [1.165, 1.54) is 89.0 Å². The van der Waals surface area contributed by atoms with Crippen LogP contribution in [-0.2, 0) is 10.8 Å². The number of hydrogen-bond donors (Lipinski definition) is 0. The van der Waals surface area contributed by atoms with Gasteiger partial charge in [-0.25, -0.2) is 0 Å². The molecule has 2 heterocycles. The van der Waals surface area contributed by atoms with Crippen LogP contribution in [0.1, 0.15) is 78.7 Å². The normalized spacial score (nSPS) is 14.7. The van der Waals surface area contributed by atoms with Gasteiger partial charge in [0.25, 0.3) is 0 Å². The summed E-state index contributed by atoms with van der Waals surface area (Å²) in [6, 6.07) is 148. The molecular formula is C116H82N2O2. The lowest BCUT2D eigenvalue weighted by molar-refractivity contribution is 0.223. The smallest absolute Gasteiger partial charge is 0.143 e. The lowest BCUT2D eigenvalue weighted by Crippen LogP contribution is -2.15. The van der Waals surface area contributed by atoms with E-state index in [0.717, 1.165) is 134 Å². The van der Waals surface area contributed by atoms with Gasteiger partial charge < -0.3 is 19.0 Å². The van der Waals surface area contributed by atoms with Gasteiger partial charge in [0.15, 0.2) is 0 Å². The summed E-state index contributed by atoms with van der Waals surface area (Å²) in [5.41, 5.74) is 40.3. The number of ether oxygens (including phenoxy) is 1. The fraction of sp³-hybridized carbons (Fsp3) is 0.0690. The van der Waals surface area contributed by atoms with E-state index >= 15 is 0 Å². The Morgan fingerprint density at radius 3 is 1.37 bits per heavy atom. The van der Waals surface area contributed by atoms with E-state index in [1.807, 2.05) is 0 Å². The molecule has 0 radical (unpaired) electrons. The third-order valence-electron chi connectivity index (χ3n) is 26.3. The van der Waals surface area contributed by atoms with Crippen LogP contribution in [0.2, 0.25) is 0 Å². The topological polar surface area (TPSA) is 28.9 Å². The van der Waals surface area contributed by atoms with Gasteiger partial charge in [-0.2, -0.15) is 0 Å². The van der Waals surface area contributed by atoms with Gasteiger partial charge in [0.1, 0.15) is 23.0 Å². The van der Waals surface area contributed by atoms with Crippen molar-refractivity contribution < 1.29 is 9.15 Å². The summed E-state index contributed by atoms with van der Waals surface area (Å²) < 4.78 is 14.2. The molecule has 4 nitrogen and oxygen atoms in total. The van der Waals surface area contributed by atoms with Crippen LogP contribution in [0, 0.1) is 0 Å². The first-order chi connectivity index (χ1) is 59.1. The molecule has 0 bridgehead atoms. The number of rotatable bonds is 14. The van der Waals surface area contributed by atoms with Crippen molar-refractivity contribution in [2.45, 2.75) is 50.5 Å². The van der Waals surface area contributed by atoms with Gasteiger partial charge in [-0.1, -0.05) is 361 Å². The minimum Gasteiger partial charge on any atom is -0.484 e. The Bertz CT molecular complexity index is 7350. The highest BCUT2D eigenvalue weighted by Gasteiger charge is 2.41. The number of furan rings is 1. The SMILES string of the molecule is CC1(C)c2ccccc2-c2c(-c3ccccc3N(c3ccc(-c4ccc(-c5ccc(-c6ccc(N(c7ccc(-c8ccccc8)cc7-c7ccccc7)c7ccccc7-c7cccc8c7-c7ccccc7C8(C)C)cc6)c6c5oc5c7ccccc7ccc56)cc4)cc3)c3ccc(-c4cccc5c4C4C=Cc6ccccc6C4O5)cc3)cccc21. The van der Waals surface area contributed by atoms with Gasteiger partial charge in [0.05, 0.1) is 17.1 Å². The monoisotopic (exact) mass is 1530 g/mol. The first-order valence-electron chi connectivity index (χ1n) is 41.9. The number of para-hydroxylation sites is 2. The highest BCUT2D eigenvalue weighted by Crippen LogP contribution is 2.59. The number of hydrogen-bond acceptors (Lipinski definition) is 4. The minimum atomic E-state index is -0.167. The van der Waals surface area contributed by atoms with Crippen molar-refractivity contribution in [3.63, 3.8) is 0 Å². The Hall–Kier alpha value is -14.8. The van der Waals surface area contributed by atoms with E-state index in [0.29, 0.717) is 0 Å². The van der Waals surface area contributed by atoms with Crippen molar-refractivity contribution in [1.82, 2.24) is 0 Å². The maximum absolute atomic E-state index is 7.37. The van der Waals surface area contributed by atoms with Crippen molar-refractivity contribution in [2.24, 2.45) is 0 Å². The van der Waals surface area contributed by atoms with Gasteiger partial charge in [0, 0.05) is 83.3 Å². The molecule has 18 aromatic carbocycles. The second kappa shape index (κ2) is 27.9. The molecule has 0 spiro atoms. The molecule has 0 N–H and O–H groups in total. The molecule has 0 amide bonds. The molecule has 0 saturated heterocycles. The van der Waals surface area contributed by atoms with Crippen LogP contribution in [0.5, 0.6) is 5.75 Å². The predicted molar refractivity (Wildman–Crippen MR) is 501 cm³/mol. The van der Waals surface area contributed by atoms with Crippen molar-refractivity contribution in [2.75, 3.05) is 9.80 Å². The largest absolute Gasteiger partial charge is 0.484 e. The first kappa shape index (κ1) is 70.6. The Morgan fingerprint density at radius 1 is 0.275 bits per heavy atom. The Morgan fingerprint density at radius 2 is 0.717 bits per heavy atom. The average Bonchev–Trinajstić information content (AvgIpc) is 1.56. The standard InChI is InChI=1S/C116H82N2O2/c1-115(2)100-41-19-15-36-95(100)108-93(39-23-43-102(108)115)91-34-17-21-45-104(91)117(84-63-54-79(55-64-84)86-38-25-47-107-110(86)97-67-58-77-30-11-13-32-88(77)112(97)119-107)83-61-52-75(53-62-83)74-48-50-81(51-49-74)90-70-69-87(111-98-68-59-78-31-12-14-33-89(78)113(98)120-114(90)111)80-56-65-85(66-57-80)118(106-71-60-82(73-26-7-5-8-27-73)72-99(106)76-28-9-6-10-29-76)105-46-22-18-35-92(105)94-40-24-44-103-109(94)96-37-16-20-42-101(96)116(103,3)4/h5-72,97,112H,1-4H3. The van der Waals surface area contributed by atoms with Gasteiger partial charge in [-0.05, 0) is 201 Å². The summed E-state index contributed by atoms with van der Waals surface area (Å²) in [6.07, 6.45) is 4.55. The molecule has 0 saturated carbocycles. The highest BCUT2D eigenvalue weighted by molar-refractivity contribution is 6.22. The Balaban J connectivity index is 0.619. The van der Waals surface area contributed by atoms with Crippen LogP contribution in [-0.4, -0.2) is 0 Å². The molecule has 120 heavy (non-hydrogen) atoms. The summed E-state index contributed by atoms with van der Waals surface area (Å²) in [7, 11) is 0. The number of fused-ring (bicyclic) bond motifs is 16. The zero-order chi connectivity index (χ0) is 79.9. The molecule has 3 aliphatic carbocycles. The summed E-state index contributed by atoms with van der Waals surface area (Å²) in [6.45, 7) is 9.47. The maximum Gasteiger partial charge on any atom is 0.143 e. The van der Waals surface area contributed by atoms with Crippen molar-refractivity contribution in [3.8, 4) is 117 Å². The minimum absolute atomic E-state index is 0.0608. The molecule has 1 aliphatic heterocycles. The second-order valence-electron chi connectivity index (χ2n) is 33.6. The van der Waals surface area contributed by atoms with Gasteiger partial charge >= 0.3 is 0 Å². The maximum atomic E-state index is 7.37. The summed E-state index contributed by atoms with van der Waals surface area (Å²) in [4.78, 5) is 4.95. The van der Waals surface area contributed by atoms with Crippen molar-refractivity contribution >= 4 is 72.9 Å². The number of benzene rings is 18. The van der Waals surface area contributed by atoms with Crippen LogP contribution < -0.4 is 14.5 Å². The molecule has 1 aromatic heterocycles. The van der Waals surface area contributed by atoms with Gasteiger partial charge in [0.2, 0.25) is 0 Å². The fourth-order valence-corrected chi connectivity index (χ4v) is 20.5. The van der Waals surface area contributed by atoms with Crippen LogP contribution in [0.4, 0.5) is 34.1 Å². The van der Waals surface area contributed by atoms with E-state index in [4.69, 9.17) is 9.15 Å². The number of anilines is 6. The highest BCUT2D eigenvalue weighted by atomic mass is 16.5. The molecule has 4 aliphatic rings. The zero-order valence-electron chi connectivity index (χ0n) is 67.1. The summed E-state index contributed by atoms with van der Waals surface area (Å²) in [5.74, 6) is 1.06. The lowest BCUT2D eigenvalue weighted by atomic mass is 9.81. The Kier molecular flexibility index (Phi) is 16.4. The summed E-state index contributed by atoms with van der Waals surface area (Å²) in [5, 5.41) is 4.38. The van der Waals surface area contributed by atoms with Crippen LogP contribution in [0.25, 0.3) is 150 Å². The van der Waals surface area contributed by atoms with Gasteiger partial charge in [-0.15, -0.1) is 0 Å². The number of nitrogens with zero attached hydrogens (tertiary/aromatic N) is 2. The lowest BCUT2D eigenvalue weighted by Gasteiger charge is -2.31. The Labute approximate surface area is 700 Å². The molecule has 2 unspecified atom stereocenters. The molecular weight excluding hydrogens is 1450 g/mol. The molecule has 19 aromatic rings. The van der Waals surface area contributed by atoms with E-state index in [2.05, 4.69) is 450 Å². The van der Waals surface area contributed by atoms with E-state index in [1.54, 1.807) is 0 Å². The molecule has 23 rings (SSSR count). The fourth-order valence-electron chi connectivity index (χ4n) is 20.5. The van der Waals surface area contributed by atoms with Crippen molar-refractivity contribution in [1.29, 1.82) is 0 Å². The third kappa shape index (κ3) is 11.3. The second-order valence-corrected chi connectivity index (χ2v) is 33.6. The molecule has 0 fully saturated rings. The quantitative estimate of drug-likeness (QED) is 0.108. The van der Waals surface area contributed by atoms with Crippen LogP contribution in [0.15, 0.2) is 411 Å². The predicted octanol–water partition coefficient (Wildman–Crippen LogP) is 31.9. The third-order valence-corrected chi connectivity index (χ3v) is 26.3. The molecule has 568 valence electrons. The molecule has 2 atom stereocenters. The molecule has 4 heteroatoms. The average molecular weight is 1540 g/mol. The van der Waals surface area contributed by atoms with Crippen LogP contribution in [0.3, 0.4) is 0 Å². The van der Waals surface area contributed by atoms with Crippen molar-refractivity contribution in [3.05, 3.63) is 445 Å². The zero-order valence-corrected chi connectivity index (χ0v) is 67.1. The van der Waals surface area contributed by atoms with Gasteiger partial charge in [-0.3, -0.25) is 0 Å². The van der Waals surface area contributed by atoms with E-state index in [-0.39, 0.29) is 22.9 Å². The summed E-state index contributed by atoms with van der Waals surface area (Å²) >= 11 is 0. The van der Waals surface area contributed by atoms with E-state index in [9.17, 15) is 0 Å². The first-order valence-corrected chi connectivity index (χ1v) is 41.9. The van der Waals surface area contributed by atoms with Crippen LogP contribution >= 0.6 is 0 Å². The van der Waals surface area contributed by atoms with E-state index < -0.39 is 0 Å².